The lowest BCUT2D eigenvalue weighted by Gasteiger charge is -2.33. The summed E-state index contributed by atoms with van der Waals surface area (Å²) in [6.07, 6.45) is 6.63. The van der Waals surface area contributed by atoms with Crippen LogP contribution >= 0.6 is 11.8 Å². The van der Waals surface area contributed by atoms with Crippen molar-refractivity contribution in [2.45, 2.75) is 55.9 Å². The molecule has 4 rings (SSSR count). The third kappa shape index (κ3) is 4.02. The summed E-state index contributed by atoms with van der Waals surface area (Å²) in [5.74, 6) is -0.119. The van der Waals surface area contributed by atoms with E-state index in [9.17, 15) is 14.4 Å². The van der Waals surface area contributed by atoms with E-state index < -0.39 is 16.9 Å². The van der Waals surface area contributed by atoms with Crippen molar-refractivity contribution in [3.63, 3.8) is 0 Å². The smallest absolute Gasteiger partial charge is 0.330 e. The van der Waals surface area contributed by atoms with Gasteiger partial charge < -0.3 is 14.5 Å². The summed E-state index contributed by atoms with van der Waals surface area (Å²) in [6.45, 7) is 1.23. The Bertz CT molecular complexity index is 763. The molecule has 2 amide bonds. The van der Waals surface area contributed by atoms with Gasteiger partial charge >= 0.3 is 5.97 Å². The van der Waals surface area contributed by atoms with Crippen LogP contribution in [-0.4, -0.2) is 59.1 Å². The lowest BCUT2D eigenvalue weighted by molar-refractivity contribution is -0.158. The van der Waals surface area contributed by atoms with E-state index in [2.05, 4.69) is 0 Å². The Hall–Kier alpha value is -2.02. The van der Waals surface area contributed by atoms with Crippen molar-refractivity contribution >= 4 is 29.5 Å². The van der Waals surface area contributed by atoms with Crippen molar-refractivity contribution < 1.29 is 19.1 Å². The molecule has 1 aromatic carbocycles. The normalized spacial score (nSPS) is 27.3. The SMILES string of the molecule is O=C(OCC(=O)N1CCCCCCC1)[C@@H]1CS[C@@]2(c3ccccc3)CCC(=O)N12. The molecule has 0 radical (unpaired) electrons. The van der Waals surface area contributed by atoms with E-state index >= 15 is 0 Å². The zero-order valence-corrected chi connectivity index (χ0v) is 17.5. The van der Waals surface area contributed by atoms with Gasteiger partial charge in [-0.15, -0.1) is 11.8 Å². The topological polar surface area (TPSA) is 66.9 Å². The van der Waals surface area contributed by atoms with Crippen LogP contribution in [0, 0.1) is 0 Å². The molecule has 0 saturated carbocycles. The average Bonchev–Trinajstić information content (AvgIpc) is 3.26. The van der Waals surface area contributed by atoms with E-state index in [-0.39, 0.29) is 18.4 Å². The first-order chi connectivity index (χ1) is 14.1. The standard InChI is InChI=1S/C22H28N2O4S/c25-19-11-12-22(17-9-5-4-6-10-17)24(19)18(16-29-22)21(27)28-15-20(26)23-13-7-2-1-3-8-14-23/h4-6,9-10,18H,1-3,7-8,11-16H2/t18-,22+/m0/s1. The molecule has 29 heavy (non-hydrogen) atoms. The molecule has 0 N–H and O–H groups in total. The van der Waals surface area contributed by atoms with E-state index in [1.165, 1.54) is 6.42 Å². The first kappa shape index (κ1) is 20.3. The number of thioether (sulfide) groups is 1. The summed E-state index contributed by atoms with van der Waals surface area (Å²) in [4.78, 5) is 41.0. The zero-order chi connectivity index (χ0) is 20.3. The molecule has 3 fully saturated rings. The largest absolute Gasteiger partial charge is 0.454 e. The van der Waals surface area contributed by atoms with Crippen LogP contribution in [0.25, 0.3) is 0 Å². The Morgan fingerprint density at radius 3 is 2.48 bits per heavy atom. The van der Waals surface area contributed by atoms with Crippen LogP contribution in [0.1, 0.15) is 50.5 Å². The molecule has 3 heterocycles. The summed E-state index contributed by atoms with van der Waals surface area (Å²) in [5, 5.41) is 0. The van der Waals surface area contributed by atoms with Crippen molar-refractivity contribution in [1.82, 2.24) is 9.80 Å². The number of nitrogens with zero attached hydrogens (tertiary/aromatic N) is 2. The molecule has 6 nitrogen and oxygen atoms in total. The minimum absolute atomic E-state index is 0.0177. The van der Waals surface area contributed by atoms with Gasteiger partial charge in [0.1, 0.15) is 10.9 Å². The van der Waals surface area contributed by atoms with Gasteiger partial charge in [0.2, 0.25) is 5.91 Å². The monoisotopic (exact) mass is 416 g/mol. The van der Waals surface area contributed by atoms with E-state index in [1.807, 2.05) is 35.2 Å². The van der Waals surface area contributed by atoms with Crippen LogP contribution < -0.4 is 0 Å². The van der Waals surface area contributed by atoms with E-state index in [4.69, 9.17) is 4.74 Å². The third-order valence-corrected chi connectivity index (χ3v) is 7.77. The lowest BCUT2D eigenvalue weighted by atomic mass is 10.0. The summed E-state index contributed by atoms with van der Waals surface area (Å²) in [7, 11) is 0. The molecule has 3 aliphatic rings. The number of carbonyl (C=O) groups is 3. The molecule has 3 aliphatic heterocycles. The van der Waals surface area contributed by atoms with Crippen molar-refractivity contribution in [2.75, 3.05) is 25.4 Å². The molecule has 156 valence electrons. The van der Waals surface area contributed by atoms with Crippen LogP contribution in [-0.2, 0) is 24.0 Å². The van der Waals surface area contributed by atoms with Crippen LogP contribution in [0.4, 0.5) is 0 Å². The van der Waals surface area contributed by atoms with Gasteiger partial charge in [0.25, 0.3) is 5.91 Å². The number of carbonyl (C=O) groups excluding carboxylic acids is 3. The summed E-state index contributed by atoms with van der Waals surface area (Å²) in [6, 6.07) is 9.26. The van der Waals surface area contributed by atoms with Gasteiger partial charge in [-0.3, -0.25) is 9.59 Å². The number of fused-ring (bicyclic) bond motifs is 1. The molecule has 2 atom stereocenters. The van der Waals surface area contributed by atoms with Crippen molar-refractivity contribution in [3.8, 4) is 0 Å². The summed E-state index contributed by atoms with van der Waals surface area (Å²) in [5.41, 5.74) is 1.04. The van der Waals surface area contributed by atoms with Gasteiger partial charge in [0.15, 0.2) is 6.61 Å². The second kappa shape index (κ2) is 8.78. The number of likely N-dealkylation sites (tertiary alicyclic amines) is 1. The molecule has 0 aliphatic carbocycles. The molecular formula is C22H28N2O4S. The van der Waals surface area contributed by atoms with Crippen LogP contribution in [0.15, 0.2) is 30.3 Å². The molecule has 0 aromatic heterocycles. The first-order valence-electron chi connectivity index (χ1n) is 10.6. The highest BCUT2D eigenvalue weighted by atomic mass is 32.2. The quantitative estimate of drug-likeness (QED) is 0.706. The second-order valence-electron chi connectivity index (χ2n) is 8.00. The maximum atomic E-state index is 12.8. The number of benzene rings is 1. The number of amides is 2. The number of esters is 1. The number of rotatable bonds is 4. The third-order valence-electron chi connectivity index (χ3n) is 6.17. The maximum absolute atomic E-state index is 12.8. The van der Waals surface area contributed by atoms with Gasteiger partial charge in [-0.1, -0.05) is 49.6 Å². The molecule has 0 spiro atoms. The molecule has 7 heteroatoms. The van der Waals surface area contributed by atoms with Crippen LogP contribution in [0.5, 0.6) is 0 Å². The Labute approximate surface area is 175 Å². The lowest BCUT2D eigenvalue weighted by Crippen LogP contribution is -2.47. The highest BCUT2D eigenvalue weighted by Gasteiger charge is 2.57. The number of ether oxygens (including phenoxy) is 1. The van der Waals surface area contributed by atoms with Gasteiger partial charge in [-0.05, 0) is 24.8 Å². The predicted molar refractivity (Wildman–Crippen MR) is 111 cm³/mol. The predicted octanol–water partition coefficient (Wildman–Crippen LogP) is 2.91. The van der Waals surface area contributed by atoms with Gasteiger partial charge in [0.05, 0.1) is 0 Å². The molecule has 3 saturated heterocycles. The fraction of sp³-hybridized carbons (Fsp3) is 0.591. The van der Waals surface area contributed by atoms with E-state index in [1.54, 1.807) is 16.7 Å². The number of hydrogen-bond donors (Lipinski definition) is 0. The van der Waals surface area contributed by atoms with Gasteiger partial charge in [-0.2, -0.15) is 0 Å². The zero-order valence-electron chi connectivity index (χ0n) is 16.7. The highest BCUT2D eigenvalue weighted by Crippen LogP contribution is 2.54. The van der Waals surface area contributed by atoms with Gasteiger partial charge in [-0.25, -0.2) is 4.79 Å². The summed E-state index contributed by atoms with van der Waals surface area (Å²) >= 11 is 1.63. The Morgan fingerprint density at radius 1 is 1.07 bits per heavy atom. The van der Waals surface area contributed by atoms with E-state index in [0.717, 1.165) is 44.3 Å². The van der Waals surface area contributed by atoms with E-state index in [0.29, 0.717) is 18.6 Å². The number of hydrogen-bond acceptors (Lipinski definition) is 5. The van der Waals surface area contributed by atoms with Crippen LogP contribution in [0.2, 0.25) is 0 Å². The van der Waals surface area contributed by atoms with Crippen molar-refractivity contribution in [1.29, 1.82) is 0 Å². The van der Waals surface area contributed by atoms with Crippen LogP contribution in [0.3, 0.4) is 0 Å². The summed E-state index contributed by atoms with van der Waals surface area (Å²) < 4.78 is 5.41. The molecule has 1 aromatic rings. The Morgan fingerprint density at radius 2 is 1.76 bits per heavy atom. The fourth-order valence-electron chi connectivity index (χ4n) is 4.63. The second-order valence-corrected chi connectivity index (χ2v) is 9.29. The molecule has 0 unspecified atom stereocenters. The maximum Gasteiger partial charge on any atom is 0.330 e. The molecular weight excluding hydrogens is 388 g/mol. The first-order valence-corrected chi connectivity index (χ1v) is 11.6. The minimum Gasteiger partial charge on any atom is -0.454 e. The van der Waals surface area contributed by atoms with Crippen molar-refractivity contribution in [2.24, 2.45) is 0 Å². The van der Waals surface area contributed by atoms with Crippen molar-refractivity contribution in [3.05, 3.63) is 35.9 Å². The average molecular weight is 417 g/mol. The Kier molecular flexibility index (Phi) is 6.13. The highest BCUT2D eigenvalue weighted by molar-refractivity contribution is 8.00. The molecule has 0 bridgehead atoms. The fourth-order valence-corrected chi connectivity index (χ4v) is 6.27. The van der Waals surface area contributed by atoms with Gasteiger partial charge in [0, 0.05) is 25.3 Å². The minimum atomic E-state index is -0.629. The Balaban J connectivity index is 1.40.